The van der Waals surface area contributed by atoms with Crippen molar-refractivity contribution in [2.45, 2.75) is 18.9 Å². The molecule has 19 heavy (non-hydrogen) atoms. The number of hydrogen-bond donors (Lipinski definition) is 2. The summed E-state index contributed by atoms with van der Waals surface area (Å²) in [7, 11) is 1.63. The standard InChI is InChI=1S/C14H20BrNO3/c1-18-14-5-4-11(15)6-13(14)16-7-12(17)9-19-8-10-2-3-10/h4-6,10,12,16-17H,2-3,7-9H2,1H3. The van der Waals surface area contributed by atoms with E-state index < -0.39 is 6.10 Å². The normalized spacial score (nSPS) is 16.2. The first-order chi connectivity index (χ1) is 9.19. The van der Waals surface area contributed by atoms with E-state index in [9.17, 15) is 5.11 Å². The van der Waals surface area contributed by atoms with Gasteiger partial charge in [0.1, 0.15) is 5.75 Å². The van der Waals surface area contributed by atoms with Gasteiger partial charge in [0.25, 0.3) is 0 Å². The molecule has 1 aliphatic carbocycles. The lowest BCUT2D eigenvalue weighted by atomic mass is 10.2. The molecule has 1 aromatic carbocycles. The highest BCUT2D eigenvalue weighted by atomic mass is 79.9. The predicted molar refractivity (Wildman–Crippen MR) is 78.7 cm³/mol. The van der Waals surface area contributed by atoms with Crippen molar-refractivity contribution in [2.24, 2.45) is 5.92 Å². The largest absolute Gasteiger partial charge is 0.495 e. The summed E-state index contributed by atoms with van der Waals surface area (Å²) in [5.74, 6) is 1.49. The Bertz CT molecular complexity index is 410. The summed E-state index contributed by atoms with van der Waals surface area (Å²) >= 11 is 3.41. The van der Waals surface area contributed by atoms with Crippen molar-refractivity contribution in [3.8, 4) is 5.75 Å². The number of ether oxygens (including phenoxy) is 2. The number of anilines is 1. The molecule has 1 aromatic rings. The SMILES string of the molecule is COc1ccc(Br)cc1NCC(O)COCC1CC1. The third-order valence-corrected chi connectivity index (χ3v) is 3.54. The van der Waals surface area contributed by atoms with E-state index in [0.717, 1.165) is 28.4 Å². The number of hydrogen-bond acceptors (Lipinski definition) is 4. The van der Waals surface area contributed by atoms with Crippen LogP contribution >= 0.6 is 15.9 Å². The molecule has 0 heterocycles. The molecule has 0 amide bonds. The first-order valence-corrected chi connectivity index (χ1v) is 7.31. The van der Waals surface area contributed by atoms with Gasteiger partial charge >= 0.3 is 0 Å². The second-order valence-corrected chi connectivity index (χ2v) is 5.78. The van der Waals surface area contributed by atoms with Gasteiger partial charge < -0.3 is 19.9 Å². The number of methoxy groups -OCH3 is 1. The van der Waals surface area contributed by atoms with Crippen LogP contribution in [0.15, 0.2) is 22.7 Å². The summed E-state index contributed by atoms with van der Waals surface area (Å²) in [4.78, 5) is 0. The van der Waals surface area contributed by atoms with Crippen LogP contribution in [0.1, 0.15) is 12.8 Å². The van der Waals surface area contributed by atoms with Crippen molar-refractivity contribution in [3.63, 3.8) is 0 Å². The van der Waals surface area contributed by atoms with E-state index in [4.69, 9.17) is 9.47 Å². The Balaban J connectivity index is 1.75. The molecule has 1 unspecified atom stereocenters. The number of aliphatic hydroxyl groups excluding tert-OH is 1. The van der Waals surface area contributed by atoms with Crippen LogP contribution in [0.5, 0.6) is 5.75 Å². The first kappa shape index (κ1) is 14.6. The van der Waals surface area contributed by atoms with Crippen LogP contribution in [-0.4, -0.2) is 38.1 Å². The Morgan fingerprint density at radius 2 is 2.26 bits per heavy atom. The van der Waals surface area contributed by atoms with Gasteiger partial charge in [0, 0.05) is 17.6 Å². The Morgan fingerprint density at radius 1 is 1.47 bits per heavy atom. The lowest BCUT2D eigenvalue weighted by molar-refractivity contribution is 0.0386. The number of aliphatic hydroxyl groups is 1. The van der Waals surface area contributed by atoms with Crippen molar-refractivity contribution in [1.29, 1.82) is 0 Å². The Labute approximate surface area is 122 Å². The maximum Gasteiger partial charge on any atom is 0.142 e. The van der Waals surface area contributed by atoms with Crippen LogP contribution in [0, 0.1) is 5.92 Å². The van der Waals surface area contributed by atoms with Gasteiger partial charge in [0.2, 0.25) is 0 Å². The summed E-state index contributed by atoms with van der Waals surface area (Å²) in [5.41, 5.74) is 0.859. The molecule has 0 saturated heterocycles. The topological polar surface area (TPSA) is 50.7 Å². The summed E-state index contributed by atoms with van der Waals surface area (Å²) in [5, 5.41) is 13.0. The lowest BCUT2D eigenvalue weighted by Gasteiger charge is -2.15. The van der Waals surface area contributed by atoms with Gasteiger partial charge in [-0.15, -0.1) is 0 Å². The van der Waals surface area contributed by atoms with E-state index in [0.29, 0.717) is 13.2 Å². The number of rotatable bonds is 8. The van der Waals surface area contributed by atoms with E-state index >= 15 is 0 Å². The zero-order valence-electron chi connectivity index (χ0n) is 11.1. The van der Waals surface area contributed by atoms with Crippen molar-refractivity contribution in [3.05, 3.63) is 22.7 Å². The van der Waals surface area contributed by atoms with Crippen LogP contribution in [0.4, 0.5) is 5.69 Å². The number of benzene rings is 1. The zero-order valence-corrected chi connectivity index (χ0v) is 12.6. The van der Waals surface area contributed by atoms with Crippen molar-refractivity contribution in [1.82, 2.24) is 0 Å². The molecule has 0 bridgehead atoms. The molecule has 1 atom stereocenters. The predicted octanol–water partition coefficient (Wildman–Crippen LogP) is 2.66. The minimum Gasteiger partial charge on any atom is -0.495 e. The molecular weight excluding hydrogens is 310 g/mol. The number of nitrogens with one attached hydrogen (secondary N) is 1. The van der Waals surface area contributed by atoms with Crippen LogP contribution in [-0.2, 0) is 4.74 Å². The van der Waals surface area contributed by atoms with E-state index in [1.54, 1.807) is 7.11 Å². The summed E-state index contributed by atoms with van der Waals surface area (Å²) in [6.45, 7) is 1.59. The van der Waals surface area contributed by atoms with Gasteiger partial charge in [-0.3, -0.25) is 0 Å². The fourth-order valence-corrected chi connectivity index (χ4v) is 2.12. The van der Waals surface area contributed by atoms with E-state index in [1.807, 2.05) is 18.2 Å². The molecule has 0 aromatic heterocycles. The van der Waals surface area contributed by atoms with Crippen LogP contribution in [0.2, 0.25) is 0 Å². The molecule has 106 valence electrons. The summed E-state index contributed by atoms with van der Waals surface area (Å²) in [6, 6.07) is 5.72. The average molecular weight is 330 g/mol. The number of halogens is 1. The van der Waals surface area contributed by atoms with Crippen molar-refractivity contribution < 1.29 is 14.6 Å². The van der Waals surface area contributed by atoms with Crippen molar-refractivity contribution in [2.75, 3.05) is 32.2 Å². The molecule has 0 spiro atoms. The monoisotopic (exact) mass is 329 g/mol. The quantitative estimate of drug-likeness (QED) is 0.769. The van der Waals surface area contributed by atoms with Gasteiger partial charge in [-0.1, -0.05) is 15.9 Å². The third kappa shape index (κ3) is 5.01. The molecule has 1 fully saturated rings. The minimum atomic E-state index is -0.512. The highest BCUT2D eigenvalue weighted by Crippen LogP contribution is 2.29. The Morgan fingerprint density at radius 3 is 2.95 bits per heavy atom. The van der Waals surface area contributed by atoms with E-state index in [2.05, 4.69) is 21.2 Å². The van der Waals surface area contributed by atoms with E-state index in [1.165, 1.54) is 12.8 Å². The highest BCUT2D eigenvalue weighted by molar-refractivity contribution is 9.10. The maximum atomic E-state index is 9.84. The molecular formula is C14H20BrNO3. The fraction of sp³-hybridized carbons (Fsp3) is 0.571. The fourth-order valence-electron chi connectivity index (χ4n) is 1.76. The maximum absolute atomic E-state index is 9.84. The molecule has 2 rings (SSSR count). The third-order valence-electron chi connectivity index (χ3n) is 3.05. The molecule has 2 N–H and O–H groups in total. The smallest absolute Gasteiger partial charge is 0.142 e. The van der Waals surface area contributed by atoms with Gasteiger partial charge in [0.15, 0.2) is 0 Å². The van der Waals surface area contributed by atoms with Gasteiger partial charge in [-0.25, -0.2) is 0 Å². The summed E-state index contributed by atoms with van der Waals surface area (Å²) < 4.78 is 11.7. The second-order valence-electron chi connectivity index (χ2n) is 4.86. The molecule has 1 saturated carbocycles. The first-order valence-electron chi connectivity index (χ1n) is 6.52. The van der Waals surface area contributed by atoms with Crippen molar-refractivity contribution >= 4 is 21.6 Å². The molecule has 4 nitrogen and oxygen atoms in total. The lowest BCUT2D eigenvalue weighted by Crippen LogP contribution is -2.25. The molecule has 5 heteroatoms. The molecule has 0 radical (unpaired) electrons. The second kappa shape index (κ2) is 7.12. The summed E-state index contributed by atoms with van der Waals surface area (Å²) in [6.07, 6.45) is 2.02. The highest BCUT2D eigenvalue weighted by Gasteiger charge is 2.21. The average Bonchev–Trinajstić information content (AvgIpc) is 3.20. The minimum absolute atomic E-state index is 0.375. The van der Waals surface area contributed by atoms with Crippen LogP contribution in [0.25, 0.3) is 0 Å². The van der Waals surface area contributed by atoms with E-state index in [-0.39, 0.29) is 0 Å². The molecule has 0 aliphatic heterocycles. The van der Waals surface area contributed by atoms with Crippen LogP contribution in [0.3, 0.4) is 0 Å². The Hall–Kier alpha value is -0.780. The zero-order chi connectivity index (χ0) is 13.7. The van der Waals surface area contributed by atoms with Gasteiger partial charge in [-0.2, -0.15) is 0 Å². The molecule has 1 aliphatic rings. The van der Waals surface area contributed by atoms with Gasteiger partial charge in [-0.05, 0) is 37.0 Å². The van der Waals surface area contributed by atoms with Gasteiger partial charge in [0.05, 0.1) is 25.5 Å². The Kier molecular flexibility index (Phi) is 5.48. The van der Waals surface area contributed by atoms with Crippen LogP contribution < -0.4 is 10.1 Å².